The van der Waals surface area contributed by atoms with Crippen molar-refractivity contribution in [3.05, 3.63) is 29.3 Å². The molecule has 1 atom stereocenters. The first kappa shape index (κ1) is 13.9. The molecule has 1 fully saturated rings. The van der Waals surface area contributed by atoms with E-state index >= 15 is 0 Å². The summed E-state index contributed by atoms with van der Waals surface area (Å²) in [6.07, 6.45) is 0.420. The van der Waals surface area contributed by atoms with Crippen LogP contribution in [0.5, 0.6) is 0 Å². The number of anilines is 1. The molecule has 4 nitrogen and oxygen atoms in total. The highest BCUT2D eigenvalue weighted by molar-refractivity contribution is 6.33. The molecule has 2 amide bonds. The summed E-state index contributed by atoms with van der Waals surface area (Å²) in [6, 6.07) is 6.83. The number of hydrogen-bond donors (Lipinski definition) is 0. The van der Waals surface area contributed by atoms with Gasteiger partial charge in [0.2, 0.25) is 11.8 Å². The van der Waals surface area contributed by atoms with Crippen molar-refractivity contribution in [1.82, 2.24) is 4.90 Å². The van der Waals surface area contributed by atoms with Crippen molar-refractivity contribution < 1.29 is 9.59 Å². The van der Waals surface area contributed by atoms with Gasteiger partial charge in [-0.3, -0.25) is 9.59 Å². The number of hydrogen-bond acceptors (Lipinski definition) is 2. The van der Waals surface area contributed by atoms with Crippen LogP contribution in [0.1, 0.15) is 20.3 Å². The maximum atomic E-state index is 12.4. The summed E-state index contributed by atoms with van der Waals surface area (Å²) in [5.41, 5.74) is 0.713. The molecule has 102 valence electrons. The molecule has 19 heavy (non-hydrogen) atoms. The average molecular weight is 281 g/mol. The fourth-order valence-electron chi connectivity index (χ4n) is 2.32. The number of halogens is 1. The van der Waals surface area contributed by atoms with Gasteiger partial charge in [-0.15, -0.1) is 0 Å². The molecule has 2 rings (SSSR count). The molecule has 0 aromatic heterocycles. The van der Waals surface area contributed by atoms with E-state index in [-0.39, 0.29) is 11.8 Å². The predicted molar refractivity (Wildman–Crippen MR) is 75.3 cm³/mol. The first-order valence-electron chi connectivity index (χ1n) is 6.41. The molecule has 0 aliphatic carbocycles. The monoisotopic (exact) mass is 280 g/mol. The quantitative estimate of drug-likeness (QED) is 0.834. The van der Waals surface area contributed by atoms with Gasteiger partial charge >= 0.3 is 0 Å². The summed E-state index contributed by atoms with van der Waals surface area (Å²) >= 11 is 6.12. The minimum Gasteiger partial charge on any atom is -0.329 e. The number of carbonyl (C=O) groups excluding carboxylic acids is 2. The van der Waals surface area contributed by atoms with Crippen LogP contribution in [0.25, 0.3) is 0 Å². The third-order valence-electron chi connectivity index (χ3n) is 3.42. The predicted octanol–water partition coefficient (Wildman–Crippen LogP) is 2.31. The average Bonchev–Trinajstić information content (AvgIpc) is 2.42. The Labute approximate surface area is 117 Å². The van der Waals surface area contributed by atoms with Gasteiger partial charge in [0.05, 0.1) is 10.7 Å². The third kappa shape index (κ3) is 2.59. The van der Waals surface area contributed by atoms with Gasteiger partial charge in [-0.25, -0.2) is 0 Å². The summed E-state index contributed by atoms with van der Waals surface area (Å²) < 4.78 is 0. The van der Waals surface area contributed by atoms with Gasteiger partial charge in [-0.1, -0.05) is 30.7 Å². The zero-order valence-corrected chi connectivity index (χ0v) is 11.9. The van der Waals surface area contributed by atoms with Crippen LogP contribution in [0.15, 0.2) is 24.3 Å². The van der Waals surface area contributed by atoms with Gasteiger partial charge in [-0.05, 0) is 19.1 Å². The lowest BCUT2D eigenvalue weighted by molar-refractivity contribution is -0.140. The number of rotatable bonds is 2. The topological polar surface area (TPSA) is 40.6 Å². The molecule has 1 heterocycles. The Morgan fingerprint density at radius 1 is 1.37 bits per heavy atom. The molecule has 1 aromatic rings. The number of para-hydroxylation sites is 1. The molecule has 1 aliphatic heterocycles. The van der Waals surface area contributed by atoms with E-state index in [2.05, 4.69) is 0 Å². The Bertz CT molecular complexity index is 504. The highest BCUT2D eigenvalue weighted by atomic mass is 35.5. The highest BCUT2D eigenvalue weighted by Gasteiger charge is 2.34. The van der Waals surface area contributed by atoms with Crippen molar-refractivity contribution in [3.63, 3.8) is 0 Å². The second-order valence-electron chi connectivity index (χ2n) is 4.56. The molecule has 0 radical (unpaired) electrons. The largest absolute Gasteiger partial charge is 0.329 e. The lowest BCUT2D eigenvalue weighted by Crippen LogP contribution is -2.57. The molecule has 1 aliphatic rings. The molecular formula is C14H17ClN2O2. The Hall–Kier alpha value is -1.55. The molecule has 0 saturated carbocycles. The molecule has 1 saturated heterocycles. The van der Waals surface area contributed by atoms with Gasteiger partial charge in [-0.2, -0.15) is 0 Å². The second kappa shape index (κ2) is 5.61. The van der Waals surface area contributed by atoms with Gasteiger partial charge in [0.25, 0.3) is 0 Å². The maximum Gasteiger partial charge on any atom is 0.249 e. The third-order valence-corrected chi connectivity index (χ3v) is 3.74. The summed E-state index contributed by atoms with van der Waals surface area (Å²) in [6.45, 7) is 4.60. The van der Waals surface area contributed by atoms with Crippen molar-refractivity contribution in [2.45, 2.75) is 26.3 Å². The van der Waals surface area contributed by atoms with E-state index in [4.69, 9.17) is 11.6 Å². The smallest absolute Gasteiger partial charge is 0.249 e. The summed E-state index contributed by atoms with van der Waals surface area (Å²) in [5.74, 6) is -0.0687. The van der Waals surface area contributed by atoms with Crippen LogP contribution in [0, 0.1) is 0 Å². The normalized spacial score (nSPS) is 19.7. The molecular weight excluding hydrogens is 264 g/mol. The standard InChI is InChI=1S/C14H17ClN2O2/c1-3-13(18)16-8-9-17(14(19)10(16)2)12-7-5-4-6-11(12)15/h4-7,10H,3,8-9H2,1-2H3. The number of piperazine rings is 1. The summed E-state index contributed by atoms with van der Waals surface area (Å²) in [7, 11) is 0. The number of amides is 2. The first-order chi connectivity index (χ1) is 9.06. The Balaban J connectivity index is 2.23. The minimum absolute atomic E-state index is 0.0136. The van der Waals surface area contributed by atoms with Crippen molar-refractivity contribution in [2.75, 3.05) is 18.0 Å². The lowest BCUT2D eigenvalue weighted by atomic mass is 10.1. The van der Waals surface area contributed by atoms with E-state index in [9.17, 15) is 9.59 Å². The van der Waals surface area contributed by atoms with Crippen LogP contribution in [-0.2, 0) is 9.59 Å². The molecule has 1 unspecified atom stereocenters. The molecule has 0 bridgehead atoms. The van der Waals surface area contributed by atoms with E-state index in [0.29, 0.717) is 30.2 Å². The van der Waals surface area contributed by atoms with E-state index in [1.54, 1.807) is 29.7 Å². The van der Waals surface area contributed by atoms with Gasteiger partial charge in [0.1, 0.15) is 6.04 Å². The van der Waals surface area contributed by atoms with E-state index in [0.717, 1.165) is 0 Å². The fourth-order valence-corrected chi connectivity index (χ4v) is 2.56. The number of benzene rings is 1. The Morgan fingerprint density at radius 2 is 2.05 bits per heavy atom. The van der Waals surface area contributed by atoms with Gasteiger partial charge in [0.15, 0.2) is 0 Å². The SMILES string of the molecule is CCC(=O)N1CCN(c2ccccc2Cl)C(=O)C1C. The number of carbonyl (C=O) groups is 2. The molecule has 5 heteroatoms. The van der Waals surface area contributed by atoms with Crippen LogP contribution in [0.3, 0.4) is 0 Å². The lowest BCUT2D eigenvalue weighted by Gasteiger charge is -2.39. The van der Waals surface area contributed by atoms with E-state index < -0.39 is 6.04 Å². The fraction of sp³-hybridized carbons (Fsp3) is 0.429. The van der Waals surface area contributed by atoms with Crippen molar-refractivity contribution in [3.8, 4) is 0 Å². The van der Waals surface area contributed by atoms with Gasteiger partial charge in [0, 0.05) is 19.5 Å². The van der Waals surface area contributed by atoms with Crippen LogP contribution < -0.4 is 4.90 Å². The zero-order chi connectivity index (χ0) is 14.0. The molecule has 1 aromatic carbocycles. The van der Waals surface area contributed by atoms with E-state index in [1.807, 2.05) is 18.2 Å². The molecule has 0 spiro atoms. The summed E-state index contributed by atoms with van der Waals surface area (Å²) in [4.78, 5) is 27.4. The number of nitrogens with zero attached hydrogens (tertiary/aromatic N) is 2. The minimum atomic E-state index is -0.433. The second-order valence-corrected chi connectivity index (χ2v) is 4.97. The van der Waals surface area contributed by atoms with Crippen molar-refractivity contribution in [2.24, 2.45) is 0 Å². The van der Waals surface area contributed by atoms with Crippen molar-refractivity contribution >= 4 is 29.1 Å². The maximum absolute atomic E-state index is 12.4. The Kier molecular flexibility index (Phi) is 4.10. The van der Waals surface area contributed by atoms with Crippen LogP contribution >= 0.6 is 11.6 Å². The zero-order valence-electron chi connectivity index (χ0n) is 11.1. The Morgan fingerprint density at radius 3 is 2.68 bits per heavy atom. The van der Waals surface area contributed by atoms with Gasteiger partial charge < -0.3 is 9.80 Å². The summed E-state index contributed by atoms with van der Waals surface area (Å²) in [5, 5.41) is 0.554. The van der Waals surface area contributed by atoms with Crippen LogP contribution in [0.4, 0.5) is 5.69 Å². The molecule has 0 N–H and O–H groups in total. The van der Waals surface area contributed by atoms with Crippen molar-refractivity contribution in [1.29, 1.82) is 0 Å². The highest BCUT2D eigenvalue weighted by Crippen LogP contribution is 2.28. The first-order valence-corrected chi connectivity index (χ1v) is 6.79. The van der Waals surface area contributed by atoms with E-state index in [1.165, 1.54) is 0 Å². The van der Waals surface area contributed by atoms with Crippen LogP contribution in [-0.4, -0.2) is 35.8 Å². The van der Waals surface area contributed by atoms with Crippen LogP contribution in [0.2, 0.25) is 5.02 Å².